The Balaban J connectivity index is 0.000000165. The molecule has 0 aliphatic heterocycles. The zero-order valence-electron chi connectivity index (χ0n) is 34.8. The standard InChI is InChI=1S/C30H29NO.C18H20N2.C7H8/c1-3-8-22(17-20(2)25-12-4-5-13-26(25)21-9-6-10-21)23-15-16-28-27(18-23)30-24(19-31)11-7-14-29(30)32-28;1-12-5-2-3-8-15(12)16-10-9-14(18(19)20)11-17(16)13-6-4-7-13;1-7-5-3-2-4-6-7/h3-5,7-8,11-18,21H,2,6,9-10,19,31H2,1H3;2-3,5,8-11,13H,4,6-7H2,1H3,(H3,19,20);2-6H,1H3/b8-3-,22-17+;;. The Bertz CT molecular complexity index is 2640. The molecule has 298 valence electrons. The quantitative estimate of drug-likeness (QED) is 0.0775. The minimum Gasteiger partial charge on any atom is -0.456 e. The summed E-state index contributed by atoms with van der Waals surface area (Å²) in [6, 6.07) is 46.2. The first-order chi connectivity index (χ1) is 28.7. The zero-order chi connectivity index (χ0) is 41.3. The van der Waals surface area contributed by atoms with Crippen molar-refractivity contribution >= 4 is 38.9 Å². The predicted octanol–water partition coefficient (Wildman–Crippen LogP) is 14.2. The highest BCUT2D eigenvalue weighted by Gasteiger charge is 2.24. The number of benzene rings is 6. The molecule has 0 saturated heterocycles. The molecule has 59 heavy (non-hydrogen) atoms. The van der Waals surface area contributed by atoms with E-state index in [1.165, 1.54) is 77.5 Å². The Kier molecular flexibility index (Phi) is 13.2. The molecule has 2 aliphatic carbocycles. The van der Waals surface area contributed by atoms with Gasteiger partial charge in [0.2, 0.25) is 0 Å². The van der Waals surface area contributed by atoms with Gasteiger partial charge in [0.05, 0.1) is 0 Å². The molecule has 1 aromatic heterocycles. The van der Waals surface area contributed by atoms with Crippen molar-refractivity contribution in [2.45, 2.75) is 77.7 Å². The van der Waals surface area contributed by atoms with Crippen LogP contribution in [-0.2, 0) is 6.54 Å². The minimum absolute atomic E-state index is 0.155. The third kappa shape index (κ3) is 9.40. The molecular formula is C55H57N3O. The fraction of sp³-hybridized carbons (Fsp3) is 0.218. The van der Waals surface area contributed by atoms with Crippen LogP contribution >= 0.6 is 0 Å². The number of furan rings is 1. The SMILES string of the molecule is C=C(/C=C(\C=C/C)c1ccc2oc3cccc(CN)c3c2c1)c1ccccc1C1CCC1.Cc1ccccc1.Cc1ccccc1-c1ccc(C(=N)N)cc1C1CCC1. The molecule has 7 aromatic rings. The Morgan fingerprint density at radius 3 is 2.03 bits per heavy atom. The average Bonchev–Trinajstić information content (AvgIpc) is 3.59. The van der Waals surface area contributed by atoms with E-state index in [2.05, 4.69) is 143 Å². The van der Waals surface area contributed by atoms with Crippen molar-refractivity contribution < 1.29 is 4.42 Å². The third-order valence-electron chi connectivity index (χ3n) is 11.9. The molecular weight excluding hydrogens is 719 g/mol. The van der Waals surface area contributed by atoms with Crippen molar-refractivity contribution in [3.8, 4) is 11.1 Å². The molecule has 0 amide bonds. The zero-order valence-corrected chi connectivity index (χ0v) is 34.8. The topological polar surface area (TPSA) is 89.0 Å². The molecule has 4 heteroatoms. The normalized spacial score (nSPS) is 14.2. The van der Waals surface area contributed by atoms with E-state index in [0.717, 1.165) is 49.8 Å². The van der Waals surface area contributed by atoms with Crippen LogP contribution in [0.15, 0.2) is 163 Å². The van der Waals surface area contributed by atoms with Crippen LogP contribution in [0.1, 0.15) is 102 Å². The molecule has 2 fully saturated rings. The number of hydrogen-bond acceptors (Lipinski definition) is 3. The van der Waals surface area contributed by atoms with Crippen molar-refractivity contribution in [1.29, 1.82) is 5.41 Å². The number of aryl methyl sites for hydroxylation is 2. The summed E-state index contributed by atoms with van der Waals surface area (Å²) in [5, 5.41) is 9.86. The smallest absolute Gasteiger partial charge is 0.135 e. The number of hydrogen-bond donors (Lipinski definition) is 3. The maximum absolute atomic E-state index is 7.64. The molecule has 2 aliphatic rings. The van der Waals surface area contributed by atoms with Crippen molar-refractivity contribution in [2.75, 3.05) is 0 Å². The van der Waals surface area contributed by atoms with Gasteiger partial charge in [0, 0.05) is 22.9 Å². The van der Waals surface area contributed by atoms with Gasteiger partial charge in [0.15, 0.2) is 0 Å². The van der Waals surface area contributed by atoms with Gasteiger partial charge in [-0.05, 0) is 144 Å². The monoisotopic (exact) mass is 775 g/mol. The Morgan fingerprint density at radius 1 is 0.712 bits per heavy atom. The van der Waals surface area contributed by atoms with Crippen molar-refractivity contribution in [1.82, 2.24) is 0 Å². The maximum Gasteiger partial charge on any atom is 0.135 e. The second-order valence-electron chi connectivity index (χ2n) is 16.0. The number of amidine groups is 1. The first-order valence-electron chi connectivity index (χ1n) is 21.1. The fourth-order valence-electron chi connectivity index (χ4n) is 8.23. The van der Waals surface area contributed by atoms with E-state index in [0.29, 0.717) is 18.4 Å². The van der Waals surface area contributed by atoms with Gasteiger partial charge in [-0.15, -0.1) is 0 Å². The van der Waals surface area contributed by atoms with Gasteiger partial charge in [-0.3, -0.25) is 5.41 Å². The minimum atomic E-state index is 0.155. The van der Waals surface area contributed by atoms with Crippen LogP contribution in [0.25, 0.3) is 44.2 Å². The highest BCUT2D eigenvalue weighted by molar-refractivity contribution is 6.08. The van der Waals surface area contributed by atoms with E-state index in [-0.39, 0.29) is 5.84 Å². The number of nitrogens with one attached hydrogen (secondary N) is 1. The highest BCUT2D eigenvalue weighted by atomic mass is 16.3. The molecule has 5 N–H and O–H groups in total. The van der Waals surface area contributed by atoms with Gasteiger partial charge in [-0.2, -0.15) is 0 Å². The predicted molar refractivity (Wildman–Crippen MR) is 252 cm³/mol. The van der Waals surface area contributed by atoms with Gasteiger partial charge in [0.25, 0.3) is 0 Å². The summed E-state index contributed by atoms with van der Waals surface area (Å²) in [5.41, 5.74) is 28.0. The second kappa shape index (κ2) is 19.0. The van der Waals surface area contributed by atoms with E-state index in [9.17, 15) is 0 Å². The van der Waals surface area contributed by atoms with E-state index in [1.54, 1.807) is 0 Å². The van der Waals surface area contributed by atoms with Crippen molar-refractivity contribution in [2.24, 2.45) is 11.5 Å². The second-order valence-corrected chi connectivity index (χ2v) is 16.0. The number of nitrogens with two attached hydrogens (primary N) is 2. The Morgan fingerprint density at radius 2 is 1.39 bits per heavy atom. The van der Waals surface area contributed by atoms with Crippen LogP contribution in [0.4, 0.5) is 0 Å². The van der Waals surface area contributed by atoms with Crippen LogP contribution in [-0.4, -0.2) is 5.84 Å². The van der Waals surface area contributed by atoms with Gasteiger partial charge >= 0.3 is 0 Å². The number of nitrogen functional groups attached to an aromatic ring is 1. The molecule has 1 heterocycles. The maximum atomic E-state index is 7.64. The van der Waals surface area contributed by atoms with Crippen LogP contribution in [0.5, 0.6) is 0 Å². The molecule has 6 aromatic carbocycles. The molecule has 0 spiro atoms. The lowest BCUT2D eigenvalue weighted by Crippen LogP contribution is -2.15. The molecule has 0 bridgehead atoms. The van der Waals surface area contributed by atoms with Crippen LogP contribution in [0, 0.1) is 19.3 Å². The van der Waals surface area contributed by atoms with E-state index >= 15 is 0 Å². The Labute approximate surface area is 350 Å². The van der Waals surface area contributed by atoms with Crippen molar-refractivity contribution in [3.05, 3.63) is 203 Å². The molecule has 0 unspecified atom stereocenters. The lowest BCUT2D eigenvalue weighted by Gasteiger charge is -2.29. The average molecular weight is 776 g/mol. The summed E-state index contributed by atoms with van der Waals surface area (Å²) >= 11 is 0. The fourth-order valence-corrected chi connectivity index (χ4v) is 8.23. The molecule has 9 rings (SSSR count). The summed E-state index contributed by atoms with van der Waals surface area (Å²) < 4.78 is 6.09. The lowest BCUT2D eigenvalue weighted by molar-refractivity contribution is 0.419. The summed E-state index contributed by atoms with van der Waals surface area (Å²) in [6.45, 7) is 11.2. The van der Waals surface area contributed by atoms with E-state index in [4.69, 9.17) is 21.3 Å². The lowest BCUT2D eigenvalue weighted by atomic mass is 9.76. The van der Waals surface area contributed by atoms with Crippen LogP contribution in [0.3, 0.4) is 0 Å². The first-order valence-corrected chi connectivity index (χ1v) is 21.1. The van der Waals surface area contributed by atoms with Gasteiger partial charge in [0.1, 0.15) is 17.0 Å². The number of rotatable bonds is 9. The summed E-state index contributed by atoms with van der Waals surface area (Å²) in [7, 11) is 0. The third-order valence-corrected chi connectivity index (χ3v) is 11.9. The van der Waals surface area contributed by atoms with Gasteiger partial charge < -0.3 is 15.9 Å². The van der Waals surface area contributed by atoms with Gasteiger partial charge in [-0.25, -0.2) is 0 Å². The summed E-state index contributed by atoms with van der Waals surface area (Å²) in [4.78, 5) is 0. The Hall–Kier alpha value is -6.23. The van der Waals surface area contributed by atoms with E-state index < -0.39 is 0 Å². The van der Waals surface area contributed by atoms with Crippen molar-refractivity contribution in [3.63, 3.8) is 0 Å². The molecule has 0 radical (unpaired) electrons. The molecule has 0 atom stereocenters. The number of allylic oxidation sites excluding steroid dienone is 5. The van der Waals surface area contributed by atoms with Gasteiger partial charge in [-0.1, -0.05) is 146 Å². The van der Waals surface area contributed by atoms with E-state index in [1.807, 2.05) is 36.4 Å². The first kappa shape index (κ1) is 40.9. The van der Waals surface area contributed by atoms with Crippen LogP contribution < -0.4 is 11.5 Å². The molecule has 4 nitrogen and oxygen atoms in total. The molecule has 2 saturated carbocycles. The highest BCUT2D eigenvalue weighted by Crippen LogP contribution is 2.43. The summed E-state index contributed by atoms with van der Waals surface area (Å²) in [6.07, 6.45) is 14.2. The van der Waals surface area contributed by atoms with Crippen LogP contribution in [0.2, 0.25) is 0 Å². The largest absolute Gasteiger partial charge is 0.456 e. The summed E-state index contributed by atoms with van der Waals surface area (Å²) in [5.74, 6) is 1.45. The number of fused-ring (bicyclic) bond motifs is 3.